The molecule has 2 aromatic rings. The summed E-state index contributed by atoms with van der Waals surface area (Å²) in [5.74, 6) is -0.342. The molecule has 0 aliphatic heterocycles. The van der Waals surface area contributed by atoms with Gasteiger partial charge in [0.1, 0.15) is 0 Å². The van der Waals surface area contributed by atoms with E-state index in [9.17, 15) is 9.59 Å². The zero-order valence-corrected chi connectivity index (χ0v) is 8.72. The standard InChI is InChI=1S/C12H12N2O2/c13-11(16)5-7-14-6-4-9-2-1-3-10(8-15)12(9)14/h1-4,6,8H,5,7H2,(H2,13,16). The maximum atomic E-state index is 10.9. The van der Waals surface area contributed by atoms with Gasteiger partial charge in [-0.2, -0.15) is 0 Å². The number of aromatic nitrogens is 1. The Balaban J connectivity index is 2.45. The molecule has 0 fully saturated rings. The number of amides is 1. The molecule has 0 aliphatic rings. The first-order chi connectivity index (χ1) is 7.72. The number of hydrogen-bond acceptors (Lipinski definition) is 2. The Hall–Kier alpha value is -2.10. The van der Waals surface area contributed by atoms with Crippen LogP contribution < -0.4 is 5.73 Å². The summed E-state index contributed by atoms with van der Waals surface area (Å²) in [6, 6.07) is 7.45. The molecule has 2 N–H and O–H groups in total. The van der Waals surface area contributed by atoms with Gasteiger partial charge in [-0.1, -0.05) is 12.1 Å². The summed E-state index contributed by atoms with van der Waals surface area (Å²) in [5.41, 5.74) is 6.59. The average molecular weight is 216 g/mol. The number of nitrogens with zero attached hydrogens (tertiary/aromatic N) is 1. The van der Waals surface area contributed by atoms with Crippen LogP contribution in [0, 0.1) is 0 Å². The fraction of sp³-hybridized carbons (Fsp3) is 0.167. The summed E-state index contributed by atoms with van der Waals surface area (Å²) in [4.78, 5) is 21.6. The fourth-order valence-electron chi connectivity index (χ4n) is 1.80. The van der Waals surface area contributed by atoms with Crippen molar-refractivity contribution in [2.75, 3.05) is 0 Å². The van der Waals surface area contributed by atoms with Crippen LogP contribution in [0.1, 0.15) is 16.8 Å². The smallest absolute Gasteiger partial charge is 0.219 e. The lowest BCUT2D eigenvalue weighted by Gasteiger charge is -2.05. The van der Waals surface area contributed by atoms with E-state index in [2.05, 4.69) is 0 Å². The molecule has 0 saturated carbocycles. The van der Waals surface area contributed by atoms with Crippen LogP contribution in [0.4, 0.5) is 0 Å². The Morgan fingerprint density at radius 3 is 2.88 bits per heavy atom. The third-order valence-electron chi connectivity index (χ3n) is 2.55. The van der Waals surface area contributed by atoms with E-state index in [0.29, 0.717) is 12.1 Å². The molecular weight excluding hydrogens is 204 g/mol. The van der Waals surface area contributed by atoms with Crippen LogP contribution in [0.3, 0.4) is 0 Å². The van der Waals surface area contributed by atoms with Crippen LogP contribution in [0.15, 0.2) is 30.5 Å². The maximum Gasteiger partial charge on any atom is 0.219 e. The molecule has 0 bridgehead atoms. The molecule has 1 aromatic heterocycles. The topological polar surface area (TPSA) is 65.1 Å². The Labute approximate surface area is 92.7 Å². The Kier molecular flexibility index (Phi) is 2.72. The first-order valence-electron chi connectivity index (χ1n) is 5.03. The van der Waals surface area contributed by atoms with E-state index in [1.807, 2.05) is 29.0 Å². The number of primary amides is 1. The number of nitrogens with two attached hydrogens (primary N) is 1. The van der Waals surface area contributed by atoms with Gasteiger partial charge in [0.05, 0.1) is 5.52 Å². The van der Waals surface area contributed by atoms with Gasteiger partial charge in [0.25, 0.3) is 0 Å². The highest BCUT2D eigenvalue weighted by atomic mass is 16.1. The second-order valence-corrected chi connectivity index (χ2v) is 3.63. The predicted octanol–water partition coefficient (Wildman–Crippen LogP) is 1.33. The summed E-state index contributed by atoms with van der Waals surface area (Å²) in [6.45, 7) is 0.504. The first-order valence-corrected chi connectivity index (χ1v) is 5.03. The van der Waals surface area contributed by atoms with Gasteiger partial charge in [0, 0.05) is 30.1 Å². The molecule has 0 atom stereocenters. The van der Waals surface area contributed by atoms with Crippen molar-refractivity contribution >= 4 is 23.1 Å². The highest BCUT2D eigenvalue weighted by Crippen LogP contribution is 2.19. The molecule has 82 valence electrons. The van der Waals surface area contributed by atoms with E-state index in [-0.39, 0.29) is 12.3 Å². The molecule has 4 nitrogen and oxygen atoms in total. The van der Waals surface area contributed by atoms with Crippen molar-refractivity contribution in [3.63, 3.8) is 0 Å². The Morgan fingerprint density at radius 2 is 2.19 bits per heavy atom. The van der Waals surface area contributed by atoms with Gasteiger partial charge in [0.2, 0.25) is 5.91 Å². The zero-order chi connectivity index (χ0) is 11.5. The highest BCUT2D eigenvalue weighted by Gasteiger charge is 2.06. The van der Waals surface area contributed by atoms with Gasteiger partial charge in [-0.3, -0.25) is 9.59 Å². The van der Waals surface area contributed by atoms with Gasteiger partial charge < -0.3 is 10.3 Å². The quantitative estimate of drug-likeness (QED) is 0.783. The number of rotatable bonds is 4. The average Bonchev–Trinajstić information content (AvgIpc) is 2.69. The monoisotopic (exact) mass is 216 g/mol. The zero-order valence-electron chi connectivity index (χ0n) is 8.72. The SMILES string of the molecule is NC(=O)CCn1ccc2cccc(C=O)c21. The van der Waals surface area contributed by atoms with E-state index in [1.54, 1.807) is 6.07 Å². The molecular formula is C12H12N2O2. The van der Waals surface area contributed by atoms with Crippen molar-refractivity contribution in [3.05, 3.63) is 36.0 Å². The predicted molar refractivity (Wildman–Crippen MR) is 61.1 cm³/mol. The van der Waals surface area contributed by atoms with Crippen LogP contribution in [0.25, 0.3) is 10.9 Å². The summed E-state index contributed by atoms with van der Waals surface area (Å²) >= 11 is 0. The van der Waals surface area contributed by atoms with Gasteiger partial charge in [-0.15, -0.1) is 0 Å². The molecule has 4 heteroatoms. The number of carbonyl (C=O) groups is 2. The molecule has 1 amide bonds. The molecule has 0 aliphatic carbocycles. The molecule has 0 unspecified atom stereocenters. The third kappa shape index (κ3) is 1.82. The number of para-hydroxylation sites is 1. The molecule has 1 heterocycles. The fourth-order valence-corrected chi connectivity index (χ4v) is 1.80. The van der Waals surface area contributed by atoms with E-state index >= 15 is 0 Å². The number of aldehydes is 1. The van der Waals surface area contributed by atoms with E-state index in [1.165, 1.54) is 0 Å². The Morgan fingerprint density at radius 1 is 1.38 bits per heavy atom. The van der Waals surface area contributed by atoms with E-state index < -0.39 is 0 Å². The van der Waals surface area contributed by atoms with Crippen molar-refractivity contribution in [2.24, 2.45) is 5.73 Å². The number of benzene rings is 1. The Bertz CT molecular complexity index is 543. The summed E-state index contributed by atoms with van der Waals surface area (Å²) in [7, 11) is 0. The van der Waals surface area contributed by atoms with E-state index in [4.69, 9.17) is 5.73 Å². The van der Waals surface area contributed by atoms with Crippen molar-refractivity contribution in [2.45, 2.75) is 13.0 Å². The third-order valence-corrected chi connectivity index (χ3v) is 2.55. The van der Waals surface area contributed by atoms with Crippen LogP contribution in [0.2, 0.25) is 0 Å². The van der Waals surface area contributed by atoms with Gasteiger partial charge in [0.15, 0.2) is 6.29 Å². The molecule has 1 aromatic carbocycles. The lowest BCUT2D eigenvalue weighted by Crippen LogP contribution is -2.13. The van der Waals surface area contributed by atoms with Crippen molar-refractivity contribution in [1.82, 2.24) is 4.57 Å². The van der Waals surface area contributed by atoms with Gasteiger partial charge >= 0.3 is 0 Å². The van der Waals surface area contributed by atoms with Crippen molar-refractivity contribution in [1.29, 1.82) is 0 Å². The molecule has 0 spiro atoms. The lowest BCUT2D eigenvalue weighted by atomic mass is 10.1. The summed E-state index contributed by atoms with van der Waals surface area (Å²) in [6.07, 6.45) is 2.96. The molecule has 16 heavy (non-hydrogen) atoms. The second kappa shape index (κ2) is 4.18. The van der Waals surface area contributed by atoms with Crippen LogP contribution in [0.5, 0.6) is 0 Å². The normalized spacial score (nSPS) is 10.5. The largest absolute Gasteiger partial charge is 0.370 e. The van der Waals surface area contributed by atoms with Gasteiger partial charge in [-0.25, -0.2) is 0 Å². The molecule has 0 saturated heterocycles. The van der Waals surface area contributed by atoms with Crippen LogP contribution in [-0.2, 0) is 11.3 Å². The lowest BCUT2D eigenvalue weighted by molar-refractivity contribution is -0.118. The number of fused-ring (bicyclic) bond motifs is 1. The molecule has 0 radical (unpaired) electrons. The summed E-state index contributed by atoms with van der Waals surface area (Å²) in [5, 5.41) is 0.995. The van der Waals surface area contributed by atoms with E-state index in [0.717, 1.165) is 17.2 Å². The minimum atomic E-state index is -0.342. The number of aryl methyl sites for hydroxylation is 1. The minimum absolute atomic E-state index is 0.275. The first kappa shape index (κ1) is 10.4. The maximum absolute atomic E-state index is 10.9. The summed E-state index contributed by atoms with van der Waals surface area (Å²) < 4.78 is 1.88. The molecule has 2 rings (SSSR count). The van der Waals surface area contributed by atoms with Crippen LogP contribution in [-0.4, -0.2) is 16.8 Å². The number of carbonyl (C=O) groups excluding carboxylic acids is 2. The van der Waals surface area contributed by atoms with Gasteiger partial charge in [-0.05, 0) is 12.1 Å². The number of hydrogen-bond donors (Lipinski definition) is 1. The van der Waals surface area contributed by atoms with Crippen molar-refractivity contribution in [3.8, 4) is 0 Å². The minimum Gasteiger partial charge on any atom is -0.370 e. The second-order valence-electron chi connectivity index (χ2n) is 3.63. The highest BCUT2D eigenvalue weighted by molar-refractivity contribution is 5.96. The van der Waals surface area contributed by atoms with Crippen LogP contribution >= 0.6 is 0 Å². The van der Waals surface area contributed by atoms with Crippen molar-refractivity contribution < 1.29 is 9.59 Å².